The van der Waals surface area contributed by atoms with Gasteiger partial charge < -0.3 is 14.7 Å². The maximum absolute atomic E-state index is 13.1. The van der Waals surface area contributed by atoms with Crippen molar-refractivity contribution in [1.29, 1.82) is 0 Å². The van der Waals surface area contributed by atoms with Gasteiger partial charge in [-0.2, -0.15) is 0 Å². The molecule has 14 heteroatoms. The van der Waals surface area contributed by atoms with E-state index in [2.05, 4.69) is 0 Å². The van der Waals surface area contributed by atoms with Crippen LogP contribution in [-0.4, -0.2) is 9.85 Å². The monoisotopic (exact) mass is 506 g/mol. The largest absolute Gasteiger partial charge is 0.583 e. The SMILES string of the molecule is Cc1cccc(OOP(=O)(OOc2ccc([N+](=O)[O-])c(C)c2)OOc2ccc([N+](=O)[O-])c(C)c2)c1. The molecule has 35 heavy (non-hydrogen) atoms. The number of hydrogen-bond acceptors (Lipinski definition) is 11. The lowest BCUT2D eigenvalue weighted by molar-refractivity contribution is -0.385. The molecule has 0 aliphatic heterocycles. The third-order valence-electron chi connectivity index (χ3n) is 4.39. The fourth-order valence-corrected chi connectivity index (χ4v) is 3.35. The Balaban J connectivity index is 1.76. The van der Waals surface area contributed by atoms with Crippen molar-refractivity contribution in [3.8, 4) is 17.2 Å². The molecule has 0 atom stereocenters. The van der Waals surface area contributed by atoms with Crippen molar-refractivity contribution in [1.82, 2.24) is 0 Å². The quantitative estimate of drug-likeness (QED) is 0.132. The number of phosphoric acid groups is 1. The van der Waals surface area contributed by atoms with Gasteiger partial charge in [0.2, 0.25) is 0 Å². The fourth-order valence-electron chi connectivity index (χ4n) is 2.74. The molecule has 0 spiro atoms. The number of nitrogens with zero attached hydrogens (tertiary/aromatic N) is 2. The molecule has 0 aliphatic carbocycles. The number of nitro benzene ring substituents is 2. The van der Waals surface area contributed by atoms with Crippen LogP contribution in [0.15, 0.2) is 60.7 Å². The first-order chi connectivity index (χ1) is 16.6. The Hall–Kier alpha value is -4.03. The van der Waals surface area contributed by atoms with Crippen molar-refractivity contribution < 1.29 is 43.1 Å². The molecule has 0 heterocycles. The third kappa shape index (κ3) is 6.98. The van der Waals surface area contributed by atoms with Crippen LogP contribution in [0.25, 0.3) is 0 Å². The first kappa shape index (κ1) is 25.6. The van der Waals surface area contributed by atoms with Crippen molar-refractivity contribution in [2.24, 2.45) is 0 Å². The number of hydrogen-bond donors (Lipinski definition) is 0. The average Bonchev–Trinajstić information content (AvgIpc) is 2.80. The second-order valence-electron chi connectivity index (χ2n) is 7.15. The number of nitro groups is 2. The van der Waals surface area contributed by atoms with Crippen LogP contribution in [0.3, 0.4) is 0 Å². The van der Waals surface area contributed by atoms with E-state index in [1.165, 1.54) is 56.3 Å². The van der Waals surface area contributed by atoms with Crippen LogP contribution < -0.4 is 14.7 Å². The highest BCUT2D eigenvalue weighted by molar-refractivity contribution is 7.48. The molecule has 0 unspecified atom stereocenters. The first-order valence-corrected chi connectivity index (χ1v) is 11.3. The van der Waals surface area contributed by atoms with E-state index in [4.69, 9.17) is 28.7 Å². The van der Waals surface area contributed by atoms with E-state index in [0.29, 0.717) is 0 Å². The van der Waals surface area contributed by atoms with Gasteiger partial charge in [-0.1, -0.05) is 26.2 Å². The van der Waals surface area contributed by atoms with E-state index in [1.807, 2.05) is 0 Å². The standard InChI is InChI=1S/C21H19N2O11P/c1-14-5-4-6-17(11-14)29-32-35(28,33-30-18-7-9-20(22(24)25)15(2)12-18)34-31-19-8-10-21(23(26)27)16(3)13-19/h4-13H,1-3H3. The van der Waals surface area contributed by atoms with Crippen LogP contribution in [0.2, 0.25) is 0 Å². The minimum absolute atomic E-state index is 0.0535. The summed E-state index contributed by atoms with van der Waals surface area (Å²) < 4.78 is 27.6. The Labute approximate surface area is 198 Å². The number of rotatable bonds is 11. The van der Waals surface area contributed by atoms with Crippen LogP contribution >= 0.6 is 7.82 Å². The fraction of sp³-hybridized carbons (Fsp3) is 0.143. The van der Waals surface area contributed by atoms with E-state index >= 15 is 0 Å². The van der Waals surface area contributed by atoms with Crippen molar-refractivity contribution in [3.05, 3.63) is 97.6 Å². The molecule has 3 aromatic carbocycles. The van der Waals surface area contributed by atoms with E-state index in [9.17, 15) is 24.8 Å². The zero-order valence-electron chi connectivity index (χ0n) is 18.6. The predicted octanol–water partition coefficient (Wildman–Crippen LogP) is 5.87. The van der Waals surface area contributed by atoms with Gasteiger partial charge in [-0.05, 0) is 62.7 Å². The van der Waals surface area contributed by atoms with Gasteiger partial charge >= 0.3 is 7.82 Å². The molecule has 0 saturated heterocycles. The minimum Gasteiger partial charge on any atom is -0.327 e. The lowest BCUT2D eigenvalue weighted by Crippen LogP contribution is -2.08. The summed E-state index contributed by atoms with van der Waals surface area (Å²) in [7, 11) is -4.76. The van der Waals surface area contributed by atoms with Crippen molar-refractivity contribution >= 4 is 19.2 Å². The van der Waals surface area contributed by atoms with Crippen LogP contribution in [0.5, 0.6) is 17.2 Å². The molecule has 3 rings (SSSR count). The Bertz CT molecular complexity index is 1230. The maximum atomic E-state index is 13.1. The highest BCUT2D eigenvalue weighted by atomic mass is 31.2. The Morgan fingerprint density at radius 3 is 1.46 bits per heavy atom. The molecule has 0 N–H and O–H groups in total. The second-order valence-corrected chi connectivity index (χ2v) is 8.49. The zero-order chi connectivity index (χ0) is 25.6. The van der Waals surface area contributed by atoms with Gasteiger partial charge in [0.05, 0.1) is 9.85 Å². The van der Waals surface area contributed by atoms with E-state index in [0.717, 1.165) is 5.56 Å². The van der Waals surface area contributed by atoms with E-state index < -0.39 is 17.7 Å². The molecule has 0 fully saturated rings. The molecule has 184 valence electrons. The van der Waals surface area contributed by atoms with Gasteiger partial charge in [0, 0.05) is 23.3 Å². The van der Waals surface area contributed by atoms with Crippen LogP contribution in [0.1, 0.15) is 16.7 Å². The third-order valence-corrected chi connectivity index (χ3v) is 5.17. The normalized spacial score (nSPS) is 11.1. The number of aryl methyl sites for hydroxylation is 3. The van der Waals surface area contributed by atoms with Crippen LogP contribution in [0.4, 0.5) is 11.4 Å². The highest BCUT2D eigenvalue weighted by Gasteiger charge is 2.36. The minimum atomic E-state index is -4.76. The first-order valence-electron chi connectivity index (χ1n) is 9.82. The Morgan fingerprint density at radius 1 is 0.657 bits per heavy atom. The van der Waals surface area contributed by atoms with Gasteiger partial charge in [-0.25, -0.2) is 4.57 Å². The molecule has 13 nitrogen and oxygen atoms in total. The molecule has 0 amide bonds. The topological polar surface area (TPSA) is 159 Å². The van der Waals surface area contributed by atoms with Gasteiger partial charge in [-0.3, -0.25) is 20.2 Å². The van der Waals surface area contributed by atoms with Crippen molar-refractivity contribution in [2.75, 3.05) is 0 Å². The summed E-state index contributed by atoms with van der Waals surface area (Å²) in [6, 6.07) is 13.8. The summed E-state index contributed by atoms with van der Waals surface area (Å²) in [6.07, 6.45) is 0. The molecule has 3 aromatic rings. The molecule has 0 saturated carbocycles. The summed E-state index contributed by atoms with van der Waals surface area (Å²) >= 11 is 0. The van der Waals surface area contributed by atoms with Crippen molar-refractivity contribution in [2.45, 2.75) is 20.8 Å². The molecular weight excluding hydrogens is 487 g/mol. The van der Waals surface area contributed by atoms with E-state index in [1.54, 1.807) is 25.1 Å². The lowest BCUT2D eigenvalue weighted by atomic mass is 10.2. The average molecular weight is 506 g/mol. The van der Waals surface area contributed by atoms with Gasteiger partial charge in [0.25, 0.3) is 11.4 Å². The summed E-state index contributed by atoms with van der Waals surface area (Å²) in [4.78, 5) is 35.8. The molecule has 0 aromatic heterocycles. The second kappa shape index (κ2) is 10.9. The predicted molar refractivity (Wildman–Crippen MR) is 120 cm³/mol. The molecule has 0 bridgehead atoms. The molecule has 0 aliphatic rings. The molecule has 0 radical (unpaired) electrons. The van der Waals surface area contributed by atoms with Gasteiger partial charge in [-0.15, -0.1) is 0 Å². The summed E-state index contributed by atoms with van der Waals surface area (Å²) in [5.74, 6) is 0.0549. The van der Waals surface area contributed by atoms with E-state index in [-0.39, 0.29) is 39.8 Å². The highest BCUT2D eigenvalue weighted by Crippen LogP contribution is 2.50. The van der Waals surface area contributed by atoms with Crippen LogP contribution in [0, 0.1) is 41.0 Å². The zero-order valence-corrected chi connectivity index (χ0v) is 19.5. The maximum Gasteiger partial charge on any atom is 0.583 e. The summed E-state index contributed by atoms with van der Waals surface area (Å²) in [5, 5.41) is 21.9. The van der Waals surface area contributed by atoms with Crippen molar-refractivity contribution in [3.63, 3.8) is 0 Å². The lowest BCUT2D eigenvalue weighted by Gasteiger charge is -2.15. The smallest absolute Gasteiger partial charge is 0.327 e. The van der Waals surface area contributed by atoms with Gasteiger partial charge in [0.15, 0.2) is 17.2 Å². The van der Waals surface area contributed by atoms with Crippen LogP contribution in [-0.2, 0) is 18.6 Å². The Kier molecular flexibility index (Phi) is 7.99. The Morgan fingerprint density at radius 2 is 1.09 bits per heavy atom. The van der Waals surface area contributed by atoms with Gasteiger partial charge in [0.1, 0.15) is 0 Å². The number of benzene rings is 3. The summed E-state index contributed by atoms with van der Waals surface area (Å²) in [6.45, 7) is 4.73. The summed E-state index contributed by atoms with van der Waals surface area (Å²) in [5.41, 5.74) is 1.00. The molecular formula is C21H19N2O11P.